The number of nitrogens with zero attached hydrogens (tertiary/aromatic N) is 1. The molecule has 0 aliphatic carbocycles. The van der Waals surface area contributed by atoms with Crippen LogP contribution in [0.15, 0.2) is 78.9 Å². The predicted molar refractivity (Wildman–Crippen MR) is 138 cm³/mol. The zero-order valence-corrected chi connectivity index (χ0v) is 20.1. The quantitative estimate of drug-likeness (QED) is 0.500. The number of benzene rings is 3. The van der Waals surface area contributed by atoms with E-state index in [0.717, 1.165) is 18.4 Å². The molecule has 3 aromatic rings. The Kier molecular flexibility index (Phi) is 8.16. The fraction of sp³-hybridized carbons (Fsp3) is 0.250. The van der Waals surface area contributed by atoms with Crippen molar-refractivity contribution in [1.82, 2.24) is 10.2 Å². The molecule has 1 atom stereocenters. The fourth-order valence-electron chi connectivity index (χ4n) is 4.24. The standard InChI is InChI=1S/C28H28ClN3O3/c29-23-14-12-21(13-15-23)28(35)32-18-6-9-22(19-32)26(33)31-25-11-5-4-10-24(25)27(34)30-17-16-20-7-2-1-3-8-20/h1-5,7-8,10-15,22H,6,9,16-19H2,(H,30,34)(H,31,33). The lowest BCUT2D eigenvalue weighted by Crippen LogP contribution is -2.43. The molecular formula is C28H28ClN3O3. The predicted octanol–water partition coefficient (Wildman–Crippen LogP) is 4.80. The lowest BCUT2D eigenvalue weighted by atomic mass is 9.96. The first kappa shape index (κ1) is 24.5. The molecule has 1 saturated heterocycles. The molecule has 1 unspecified atom stereocenters. The molecule has 0 saturated carbocycles. The number of amides is 3. The number of hydrogen-bond acceptors (Lipinski definition) is 3. The van der Waals surface area contributed by atoms with E-state index in [2.05, 4.69) is 10.6 Å². The second kappa shape index (κ2) is 11.7. The van der Waals surface area contributed by atoms with Crippen LogP contribution in [0, 0.1) is 5.92 Å². The van der Waals surface area contributed by atoms with Crippen LogP contribution >= 0.6 is 11.6 Å². The number of carbonyl (C=O) groups excluding carboxylic acids is 3. The van der Waals surface area contributed by atoms with Crippen molar-refractivity contribution in [2.75, 3.05) is 25.0 Å². The van der Waals surface area contributed by atoms with Crippen LogP contribution in [0.25, 0.3) is 0 Å². The van der Waals surface area contributed by atoms with Crippen molar-refractivity contribution in [3.63, 3.8) is 0 Å². The van der Waals surface area contributed by atoms with E-state index >= 15 is 0 Å². The summed E-state index contributed by atoms with van der Waals surface area (Å²) in [4.78, 5) is 40.5. The second-order valence-electron chi connectivity index (χ2n) is 8.62. The Morgan fingerprint density at radius 2 is 1.63 bits per heavy atom. The van der Waals surface area contributed by atoms with E-state index in [0.29, 0.717) is 47.9 Å². The van der Waals surface area contributed by atoms with Crippen molar-refractivity contribution in [3.05, 3.63) is 101 Å². The number of carbonyl (C=O) groups is 3. The molecule has 180 valence electrons. The maximum absolute atomic E-state index is 13.1. The van der Waals surface area contributed by atoms with Crippen LogP contribution in [0.5, 0.6) is 0 Å². The molecule has 1 aliphatic heterocycles. The highest BCUT2D eigenvalue weighted by Crippen LogP contribution is 2.23. The minimum Gasteiger partial charge on any atom is -0.352 e. The Bertz CT molecular complexity index is 1180. The maximum atomic E-state index is 13.1. The second-order valence-corrected chi connectivity index (χ2v) is 9.06. The molecule has 0 aromatic heterocycles. The summed E-state index contributed by atoms with van der Waals surface area (Å²) in [6, 6.07) is 23.7. The fourth-order valence-corrected chi connectivity index (χ4v) is 4.36. The SMILES string of the molecule is O=C(NCCc1ccccc1)c1ccccc1NC(=O)C1CCCN(C(=O)c2ccc(Cl)cc2)C1. The molecule has 4 rings (SSSR count). The highest BCUT2D eigenvalue weighted by atomic mass is 35.5. The number of nitrogens with one attached hydrogen (secondary N) is 2. The van der Waals surface area contributed by atoms with Crippen LogP contribution in [0.2, 0.25) is 5.02 Å². The van der Waals surface area contributed by atoms with Gasteiger partial charge in [0.05, 0.1) is 17.2 Å². The maximum Gasteiger partial charge on any atom is 0.253 e. The first-order chi connectivity index (χ1) is 17.0. The molecule has 1 heterocycles. The van der Waals surface area contributed by atoms with Gasteiger partial charge in [0.2, 0.25) is 5.91 Å². The topological polar surface area (TPSA) is 78.5 Å². The van der Waals surface area contributed by atoms with Gasteiger partial charge in [-0.15, -0.1) is 0 Å². The van der Waals surface area contributed by atoms with Crippen molar-refractivity contribution in [2.24, 2.45) is 5.92 Å². The van der Waals surface area contributed by atoms with Crippen LogP contribution in [0.3, 0.4) is 0 Å². The van der Waals surface area contributed by atoms with E-state index in [9.17, 15) is 14.4 Å². The van der Waals surface area contributed by atoms with Crippen molar-refractivity contribution in [2.45, 2.75) is 19.3 Å². The summed E-state index contributed by atoms with van der Waals surface area (Å²) < 4.78 is 0. The summed E-state index contributed by atoms with van der Waals surface area (Å²) in [5, 5.41) is 6.42. The molecule has 0 bridgehead atoms. The van der Waals surface area contributed by atoms with E-state index in [1.54, 1.807) is 53.4 Å². The van der Waals surface area contributed by atoms with Crippen molar-refractivity contribution in [1.29, 1.82) is 0 Å². The van der Waals surface area contributed by atoms with Crippen LogP contribution < -0.4 is 10.6 Å². The van der Waals surface area contributed by atoms with E-state index in [1.807, 2.05) is 30.3 Å². The number of para-hydroxylation sites is 1. The number of halogens is 1. The highest BCUT2D eigenvalue weighted by Gasteiger charge is 2.29. The van der Waals surface area contributed by atoms with Gasteiger partial charge in [-0.25, -0.2) is 0 Å². The summed E-state index contributed by atoms with van der Waals surface area (Å²) in [5.41, 5.74) is 2.58. The molecule has 35 heavy (non-hydrogen) atoms. The Morgan fingerprint density at radius 3 is 2.40 bits per heavy atom. The van der Waals surface area contributed by atoms with Crippen molar-refractivity contribution >= 4 is 35.0 Å². The van der Waals surface area contributed by atoms with Gasteiger partial charge in [-0.3, -0.25) is 14.4 Å². The van der Waals surface area contributed by atoms with Crippen LogP contribution in [-0.4, -0.2) is 42.3 Å². The van der Waals surface area contributed by atoms with Gasteiger partial charge in [0.1, 0.15) is 0 Å². The average molecular weight is 490 g/mol. The normalized spacial score (nSPS) is 15.3. The number of hydrogen-bond donors (Lipinski definition) is 2. The zero-order chi connectivity index (χ0) is 24.6. The minimum absolute atomic E-state index is 0.114. The first-order valence-electron chi connectivity index (χ1n) is 11.8. The monoisotopic (exact) mass is 489 g/mol. The van der Waals surface area contributed by atoms with Gasteiger partial charge in [0.25, 0.3) is 11.8 Å². The molecule has 0 radical (unpaired) electrons. The molecule has 3 aromatic carbocycles. The molecule has 1 aliphatic rings. The third kappa shape index (κ3) is 6.49. The minimum atomic E-state index is -0.353. The Morgan fingerprint density at radius 1 is 0.914 bits per heavy atom. The molecule has 1 fully saturated rings. The van der Waals surface area contributed by atoms with Gasteiger partial charge in [0, 0.05) is 30.2 Å². The average Bonchev–Trinajstić information content (AvgIpc) is 2.89. The first-order valence-corrected chi connectivity index (χ1v) is 12.2. The third-order valence-corrected chi connectivity index (χ3v) is 6.39. The number of likely N-dealkylation sites (tertiary alicyclic amines) is 1. The zero-order valence-electron chi connectivity index (χ0n) is 19.4. The molecule has 0 spiro atoms. The summed E-state index contributed by atoms with van der Waals surface area (Å²) in [6.45, 7) is 1.43. The lowest BCUT2D eigenvalue weighted by molar-refractivity contribution is -0.121. The van der Waals surface area contributed by atoms with E-state index < -0.39 is 0 Å². The Labute approximate surface area is 210 Å². The summed E-state index contributed by atoms with van der Waals surface area (Å²) in [6.07, 6.45) is 2.14. The Balaban J connectivity index is 1.36. The van der Waals surface area contributed by atoms with E-state index in [1.165, 1.54) is 0 Å². The smallest absolute Gasteiger partial charge is 0.253 e. The van der Waals surface area contributed by atoms with Gasteiger partial charge < -0.3 is 15.5 Å². The number of rotatable bonds is 7. The summed E-state index contributed by atoms with van der Waals surface area (Å²) >= 11 is 5.93. The van der Waals surface area contributed by atoms with Crippen LogP contribution in [-0.2, 0) is 11.2 Å². The molecule has 7 heteroatoms. The van der Waals surface area contributed by atoms with E-state index in [4.69, 9.17) is 11.6 Å². The van der Waals surface area contributed by atoms with Crippen LogP contribution in [0.4, 0.5) is 5.69 Å². The van der Waals surface area contributed by atoms with Gasteiger partial charge in [-0.05, 0) is 61.2 Å². The molecule has 2 N–H and O–H groups in total. The van der Waals surface area contributed by atoms with Crippen LogP contribution in [0.1, 0.15) is 39.1 Å². The number of anilines is 1. The largest absolute Gasteiger partial charge is 0.352 e. The molecular weight excluding hydrogens is 462 g/mol. The summed E-state index contributed by atoms with van der Waals surface area (Å²) in [5.74, 6) is -0.894. The highest BCUT2D eigenvalue weighted by molar-refractivity contribution is 6.30. The third-order valence-electron chi connectivity index (χ3n) is 6.14. The summed E-state index contributed by atoms with van der Waals surface area (Å²) in [7, 11) is 0. The number of piperidine rings is 1. The molecule has 3 amide bonds. The van der Waals surface area contributed by atoms with Crippen molar-refractivity contribution in [3.8, 4) is 0 Å². The Hall–Kier alpha value is -3.64. The van der Waals surface area contributed by atoms with Gasteiger partial charge >= 0.3 is 0 Å². The van der Waals surface area contributed by atoms with Crippen molar-refractivity contribution < 1.29 is 14.4 Å². The van der Waals surface area contributed by atoms with Gasteiger partial charge in [0.15, 0.2) is 0 Å². The van der Waals surface area contributed by atoms with Gasteiger partial charge in [-0.1, -0.05) is 54.1 Å². The van der Waals surface area contributed by atoms with Gasteiger partial charge in [-0.2, -0.15) is 0 Å². The lowest BCUT2D eigenvalue weighted by Gasteiger charge is -2.32. The molecule has 6 nitrogen and oxygen atoms in total. The van der Waals surface area contributed by atoms with E-state index in [-0.39, 0.29) is 23.6 Å².